The molecule has 1 amide bonds. The number of carbonyl (C=O) groups is 1. The number of amides is 1. The number of nitrogens with one attached hydrogen (secondary N) is 2. The van der Waals surface area contributed by atoms with Gasteiger partial charge in [0.1, 0.15) is 5.82 Å². The van der Waals surface area contributed by atoms with E-state index in [-0.39, 0.29) is 11.8 Å². The first-order valence-corrected chi connectivity index (χ1v) is 11.0. The fraction of sp³-hybridized carbons (Fsp3) is 0.458. The van der Waals surface area contributed by atoms with Crippen LogP contribution in [0.4, 0.5) is 17.2 Å². The lowest BCUT2D eigenvalue weighted by molar-refractivity contribution is -0.123. The van der Waals surface area contributed by atoms with Crippen molar-refractivity contribution in [2.45, 2.75) is 51.0 Å². The van der Waals surface area contributed by atoms with Gasteiger partial charge in [-0.3, -0.25) is 4.79 Å². The van der Waals surface area contributed by atoms with E-state index in [1.807, 2.05) is 17.0 Å². The predicted molar refractivity (Wildman–Crippen MR) is 118 cm³/mol. The third kappa shape index (κ3) is 3.72. The lowest BCUT2D eigenvalue weighted by atomic mass is 9.86. The molecule has 2 aromatic rings. The van der Waals surface area contributed by atoms with Crippen molar-refractivity contribution in [1.29, 1.82) is 5.41 Å². The Morgan fingerprint density at radius 2 is 1.93 bits per heavy atom. The standard InChI is InChI=1S/C24H28N4O2/c25-20-6-3-17(4-7-20)24(29)28-15-19-2-1-11-26-23(19)27-21-8-5-18(14-22(21)28)16-9-12-30-13-10-16/h1-2,5,8,11,14,16-17,25H,3-4,6-7,9-10,12-13,15H2,(H,26,27). The van der Waals surface area contributed by atoms with Crippen LogP contribution in [0.2, 0.25) is 0 Å². The van der Waals surface area contributed by atoms with Crippen LogP contribution < -0.4 is 10.2 Å². The molecule has 0 unspecified atom stereocenters. The SMILES string of the molecule is N=C1CCC(C(=O)N2Cc3cccnc3Nc3ccc(C4CCOCC4)cc32)CC1. The van der Waals surface area contributed by atoms with Crippen LogP contribution in [0.1, 0.15) is 55.6 Å². The Hall–Kier alpha value is -2.73. The van der Waals surface area contributed by atoms with Crippen molar-refractivity contribution < 1.29 is 9.53 Å². The van der Waals surface area contributed by atoms with Crippen molar-refractivity contribution in [3.63, 3.8) is 0 Å². The second-order valence-electron chi connectivity index (χ2n) is 8.60. The number of aromatic nitrogens is 1. The van der Waals surface area contributed by atoms with E-state index in [1.165, 1.54) is 5.56 Å². The number of carbonyl (C=O) groups excluding carboxylic acids is 1. The monoisotopic (exact) mass is 404 g/mol. The molecular formula is C24H28N4O2. The molecular weight excluding hydrogens is 376 g/mol. The number of ether oxygens (including phenoxy) is 1. The minimum absolute atomic E-state index is 0.0168. The number of benzene rings is 1. The van der Waals surface area contributed by atoms with Gasteiger partial charge in [-0.05, 0) is 68.2 Å². The normalized spacial score (nSPS) is 21.9. The average Bonchev–Trinajstić information content (AvgIpc) is 2.96. The lowest BCUT2D eigenvalue weighted by Crippen LogP contribution is -2.37. The summed E-state index contributed by atoms with van der Waals surface area (Å²) < 4.78 is 5.54. The van der Waals surface area contributed by atoms with Crippen LogP contribution in [-0.4, -0.2) is 29.8 Å². The number of nitrogens with zero attached hydrogens (tertiary/aromatic N) is 2. The Morgan fingerprint density at radius 1 is 1.13 bits per heavy atom. The molecule has 1 saturated heterocycles. The van der Waals surface area contributed by atoms with Gasteiger partial charge in [-0.25, -0.2) is 4.98 Å². The molecule has 1 saturated carbocycles. The van der Waals surface area contributed by atoms with Crippen molar-refractivity contribution in [3.05, 3.63) is 47.7 Å². The third-order valence-electron chi connectivity index (χ3n) is 6.68. The molecule has 156 valence electrons. The van der Waals surface area contributed by atoms with E-state index in [2.05, 4.69) is 28.5 Å². The maximum atomic E-state index is 13.7. The molecule has 30 heavy (non-hydrogen) atoms. The maximum Gasteiger partial charge on any atom is 0.230 e. The first-order chi connectivity index (χ1) is 14.7. The molecule has 1 aromatic carbocycles. The van der Waals surface area contributed by atoms with Crippen molar-refractivity contribution in [2.24, 2.45) is 5.92 Å². The Morgan fingerprint density at radius 3 is 2.73 bits per heavy atom. The second kappa shape index (κ2) is 8.19. The Kier molecular flexibility index (Phi) is 5.25. The van der Waals surface area contributed by atoms with E-state index in [1.54, 1.807) is 6.20 Å². The van der Waals surface area contributed by atoms with Gasteiger partial charge in [0.05, 0.1) is 17.9 Å². The molecule has 0 radical (unpaired) electrons. The predicted octanol–water partition coefficient (Wildman–Crippen LogP) is 4.78. The molecule has 2 fully saturated rings. The van der Waals surface area contributed by atoms with Gasteiger partial charge in [0, 0.05) is 36.6 Å². The van der Waals surface area contributed by atoms with Gasteiger partial charge in [0.15, 0.2) is 0 Å². The van der Waals surface area contributed by atoms with E-state index in [9.17, 15) is 4.79 Å². The highest BCUT2D eigenvalue weighted by molar-refractivity contribution is 6.00. The van der Waals surface area contributed by atoms with Crippen molar-refractivity contribution in [3.8, 4) is 0 Å². The molecule has 1 aromatic heterocycles. The number of hydrogen-bond donors (Lipinski definition) is 2. The summed E-state index contributed by atoms with van der Waals surface area (Å²) >= 11 is 0. The topological polar surface area (TPSA) is 78.3 Å². The Labute approximate surface area is 177 Å². The molecule has 6 heteroatoms. The van der Waals surface area contributed by atoms with Gasteiger partial charge < -0.3 is 20.4 Å². The summed E-state index contributed by atoms with van der Waals surface area (Å²) in [4.78, 5) is 20.1. The highest BCUT2D eigenvalue weighted by atomic mass is 16.5. The van der Waals surface area contributed by atoms with Crippen LogP contribution in [0, 0.1) is 11.3 Å². The van der Waals surface area contributed by atoms with Crippen LogP contribution in [0.25, 0.3) is 0 Å². The Balaban J connectivity index is 1.52. The quantitative estimate of drug-likeness (QED) is 0.755. The van der Waals surface area contributed by atoms with Gasteiger partial charge in [-0.15, -0.1) is 0 Å². The van der Waals surface area contributed by atoms with E-state index >= 15 is 0 Å². The number of fused-ring (bicyclic) bond motifs is 2. The molecule has 5 rings (SSSR count). The molecule has 3 aliphatic rings. The summed E-state index contributed by atoms with van der Waals surface area (Å²) in [5.74, 6) is 1.45. The number of anilines is 3. The van der Waals surface area contributed by atoms with E-state index in [0.717, 1.165) is 80.2 Å². The van der Waals surface area contributed by atoms with Crippen molar-refractivity contribution in [1.82, 2.24) is 4.98 Å². The molecule has 0 bridgehead atoms. The summed E-state index contributed by atoms with van der Waals surface area (Å²) in [6.07, 6.45) is 6.84. The fourth-order valence-electron chi connectivity index (χ4n) is 4.85. The summed E-state index contributed by atoms with van der Waals surface area (Å²) in [7, 11) is 0. The van der Waals surface area contributed by atoms with Gasteiger partial charge in [-0.2, -0.15) is 0 Å². The summed E-state index contributed by atoms with van der Waals surface area (Å²) in [6, 6.07) is 10.4. The smallest absolute Gasteiger partial charge is 0.230 e. The van der Waals surface area contributed by atoms with Gasteiger partial charge >= 0.3 is 0 Å². The van der Waals surface area contributed by atoms with Crippen molar-refractivity contribution in [2.75, 3.05) is 23.4 Å². The van der Waals surface area contributed by atoms with E-state index in [4.69, 9.17) is 10.1 Å². The van der Waals surface area contributed by atoms with Crippen LogP contribution in [-0.2, 0) is 16.1 Å². The van der Waals surface area contributed by atoms with Crippen LogP contribution in [0.15, 0.2) is 36.5 Å². The van der Waals surface area contributed by atoms with Gasteiger partial charge in [0.2, 0.25) is 5.91 Å². The fourth-order valence-corrected chi connectivity index (χ4v) is 4.85. The first-order valence-electron chi connectivity index (χ1n) is 11.0. The number of pyridine rings is 1. The molecule has 3 heterocycles. The largest absolute Gasteiger partial charge is 0.381 e. The lowest BCUT2D eigenvalue weighted by Gasteiger charge is -2.30. The average molecular weight is 405 g/mol. The zero-order valence-electron chi connectivity index (χ0n) is 17.2. The molecule has 0 atom stereocenters. The highest BCUT2D eigenvalue weighted by Crippen LogP contribution is 2.40. The minimum atomic E-state index is -0.0168. The molecule has 2 aliphatic heterocycles. The van der Waals surface area contributed by atoms with E-state index in [0.29, 0.717) is 12.5 Å². The van der Waals surface area contributed by atoms with Crippen LogP contribution in [0.5, 0.6) is 0 Å². The number of rotatable bonds is 2. The second-order valence-corrected chi connectivity index (χ2v) is 8.60. The van der Waals surface area contributed by atoms with Crippen molar-refractivity contribution >= 4 is 28.8 Å². The molecule has 6 nitrogen and oxygen atoms in total. The third-order valence-corrected chi connectivity index (χ3v) is 6.68. The minimum Gasteiger partial charge on any atom is -0.381 e. The molecule has 1 aliphatic carbocycles. The van der Waals surface area contributed by atoms with E-state index < -0.39 is 0 Å². The molecule has 2 N–H and O–H groups in total. The Bertz CT molecular complexity index is 957. The summed E-state index contributed by atoms with van der Waals surface area (Å²) in [5.41, 5.74) is 4.95. The number of hydrogen-bond acceptors (Lipinski definition) is 5. The summed E-state index contributed by atoms with van der Waals surface area (Å²) in [5, 5.41) is 11.4. The highest BCUT2D eigenvalue weighted by Gasteiger charge is 2.32. The molecule has 0 spiro atoms. The van der Waals surface area contributed by atoms with Crippen LogP contribution >= 0.6 is 0 Å². The first kappa shape index (κ1) is 19.2. The van der Waals surface area contributed by atoms with Gasteiger partial charge in [0.25, 0.3) is 0 Å². The summed E-state index contributed by atoms with van der Waals surface area (Å²) in [6.45, 7) is 2.12. The van der Waals surface area contributed by atoms with Crippen LogP contribution in [0.3, 0.4) is 0 Å². The van der Waals surface area contributed by atoms with Gasteiger partial charge in [-0.1, -0.05) is 12.1 Å². The maximum absolute atomic E-state index is 13.7. The zero-order chi connectivity index (χ0) is 20.5. The zero-order valence-corrected chi connectivity index (χ0v) is 17.2.